The van der Waals surface area contributed by atoms with Crippen LogP contribution < -0.4 is 4.74 Å². The predicted molar refractivity (Wildman–Crippen MR) is 82.1 cm³/mol. The molecule has 0 radical (unpaired) electrons. The first-order chi connectivity index (χ1) is 9.10. The summed E-state index contributed by atoms with van der Waals surface area (Å²) >= 11 is 12.3. The van der Waals surface area contributed by atoms with Gasteiger partial charge in [-0.1, -0.05) is 12.1 Å². The van der Waals surface area contributed by atoms with Crippen molar-refractivity contribution in [2.75, 3.05) is 0 Å². The summed E-state index contributed by atoms with van der Waals surface area (Å²) in [4.78, 5) is 0. The van der Waals surface area contributed by atoms with Gasteiger partial charge in [0.25, 0.3) is 0 Å². The number of alkyl halides is 1. The normalized spacial score (nSPS) is 10.5. The van der Waals surface area contributed by atoms with Crippen LogP contribution in [0.5, 0.6) is 5.75 Å². The van der Waals surface area contributed by atoms with Crippen molar-refractivity contribution in [1.29, 1.82) is 0 Å². The molecular weight excluding hydrogens is 398 g/mol. The van der Waals surface area contributed by atoms with Gasteiger partial charge in [0, 0.05) is 5.88 Å². The largest absolute Gasteiger partial charge is 0.488 e. The molecule has 0 heterocycles. The number of rotatable bonds is 4. The third kappa shape index (κ3) is 3.94. The standard InChI is InChI=1S/C14H10Br2ClFO/c15-11-6-10(1-3-13(11)18)8-19-14-4-2-9(7-17)5-12(14)16/h1-6H,7-8H2. The Morgan fingerprint density at radius 2 is 1.68 bits per heavy atom. The van der Waals surface area contributed by atoms with E-state index in [4.69, 9.17) is 16.3 Å². The van der Waals surface area contributed by atoms with E-state index in [0.717, 1.165) is 21.3 Å². The van der Waals surface area contributed by atoms with Crippen LogP contribution in [0.4, 0.5) is 4.39 Å². The Kier molecular flexibility index (Phi) is 5.25. The third-order valence-electron chi connectivity index (χ3n) is 2.53. The average molecular weight is 408 g/mol. The molecule has 0 aliphatic carbocycles. The maximum absolute atomic E-state index is 13.1. The molecular formula is C14H10Br2ClFO. The van der Waals surface area contributed by atoms with Crippen LogP contribution in [0, 0.1) is 5.82 Å². The van der Waals surface area contributed by atoms with Gasteiger partial charge < -0.3 is 4.74 Å². The smallest absolute Gasteiger partial charge is 0.137 e. The summed E-state index contributed by atoms with van der Waals surface area (Å²) in [5.74, 6) is 0.912. The van der Waals surface area contributed by atoms with Crippen molar-refractivity contribution in [2.45, 2.75) is 12.5 Å². The first-order valence-electron chi connectivity index (χ1n) is 5.51. The molecule has 19 heavy (non-hydrogen) atoms. The van der Waals surface area contributed by atoms with Gasteiger partial charge in [0.15, 0.2) is 0 Å². The van der Waals surface area contributed by atoms with Crippen molar-refractivity contribution in [1.82, 2.24) is 0 Å². The van der Waals surface area contributed by atoms with Crippen LogP contribution in [-0.2, 0) is 12.5 Å². The van der Waals surface area contributed by atoms with Gasteiger partial charge in [0.05, 0.1) is 8.95 Å². The van der Waals surface area contributed by atoms with Crippen molar-refractivity contribution >= 4 is 43.5 Å². The fourth-order valence-corrected chi connectivity index (χ4v) is 2.67. The fourth-order valence-electron chi connectivity index (χ4n) is 1.54. The molecule has 0 fully saturated rings. The molecule has 5 heteroatoms. The number of benzene rings is 2. The van der Waals surface area contributed by atoms with Crippen molar-refractivity contribution in [3.05, 3.63) is 62.3 Å². The van der Waals surface area contributed by atoms with Crippen molar-refractivity contribution in [2.24, 2.45) is 0 Å². The molecule has 2 rings (SSSR count). The van der Waals surface area contributed by atoms with Crippen LogP contribution in [0.2, 0.25) is 0 Å². The van der Waals surface area contributed by atoms with Crippen molar-refractivity contribution < 1.29 is 9.13 Å². The summed E-state index contributed by atoms with van der Waals surface area (Å²) in [6.07, 6.45) is 0. The SMILES string of the molecule is Fc1ccc(COc2ccc(CCl)cc2Br)cc1Br. The van der Waals surface area contributed by atoms with E-state index in [1.165, 1.54) is 6.07 Å². The molecule has 0 atom stereocenters. The fraction of sp³-hybridized carbons (Fsp3) is 0.143. The molecule has 0 saturated heterocycles. The molecule has 0 unspecified atom stereocenters. The lowest BCUT2D eigenvalue weighted by molar-refractivity contribution is 0.304. The van der Waals surface area contributed by atoms with E-state index in [-0.39, 0.29) is 5.82 Å². The lowest BCUT2D eigenvalue weighted by Gasteiger charge is -2.09. The second kappa shape index (κ2) is 6.73. The maximum Gasteiger partial charge on any atom is 0.137 e. The Morgan fingerprint density at radius 1 is 1.00 bits per heavy atom. The minimum atomic E-state index is -0.281. The molecule has 0 amide bonds. The zero-order valence-corrected chi connectivity index (χ0v) is 13.7. The van der Waals surface area contributed by atoms with Crippen LogP contribution in [-0.4, -0.2) is 0 Å². The van der Waals surface area contributed by atoms with E-state index < -0.39 is 0 Å². The molecule has 0 saturated carbocycles. The summed E-state index contributed by atoms with van der Waals surface area (Å²) < 4.78 is 20.1. The summed E-state index contributed by atoms with van der Waals surface area (Å²) in [7, 11) is 0. The lowest BCUT2D eigenvalue weighted by Crippen LogP contribution is -1.97. The van der Waals surface area contributed by atoms with Gasteiger partial charge in [-0.05, 0) is 67.3 Å². The van der Waals surface area contributed by atoms with Gasteiger partial charge in [-0.25, -0.2) is 4.39 Å². The van der Waals surface area contributed by atoms with Gasteiger partial charge in [-0.15, -0.1) is 11.6 Å². The van der Waals surface area contributed by atoms with E-state index in [9.17, 15) is 4.39 Å². The Hall–Kier alpha value is -0.580. The zero-order chi connectivity index (χ0) is 13.8. The number of hydrogen-bond donors (Lipinski definition) is 0. The van der Waals surface area contributed by atoms with Gasteiger partial charge in [0.1, 0.15) is 18.2 Å². The van der Waals surface area contributed by atoms with Crippen molar-refractivity contribution in [3.63, 3.8) is 0 Å². The average Bonchev–Trinajstić information content (AvgIpc) is 2.41. The van der Waals surface area contributed by atoms with E-state index in [2.05, 4.69) is 31.9 Å². The third-order valence-corrected chi connectivity index (χ3v) is 4.06. The molecule has 0 N–H and O–H groups in total. The summed E-state index contributed by atoms with van der Waals surface area (Å²) in [5, 5.41) is 0. The highest BCUT2D eigenvalue weighted by molar-refractivity contribution is 9.10. The van der Waals surface area contributed by atoms with Gasteiger partial charge in [-0.3, -0.25) is 0 Å². The van der Waals surface area contributed by atoms with Crippen LogP contribution in [0.3, 0.4) is 0 Å². The first kappa shape index (κ1) is 14.8. The maximum atomic E-state index is 13.1. The van der Waals surface area contributed by atoms with E-state index >= 15 is 0 Å². The molecule has 0 spiro atoms. The minimum absolute atomic E-state index is 0.281. The van der Waals surface area contributed by atoms with E-state index in [1.807, 2.05) is 18.2 Å². The monoisotopic (exact) mass is 406 g/mol. The molecule has 2 aromatic carbocycles. The number of halogens is 4. The molecule has 2 aromatic rings. The Bertz CT molecular complexity index is 590. The highest BCUT2D eigenvalue weighted by Crippen LogP contribution is 2.27. The number of hydrogen-bond acceptors (Lipinski definition) is 1. The van der Waals surface area contributed by atoms with Crippen LogP contribution in [0.15, 0.2) is 45.3 Å². The Balaban J connectivity index is 2.07. The number of ether oxygens (including phenoxy) is 1. The van der Waals surface area contributed by atoms with Crippen LogP contribution in [0.1, 0.15) is 11.1 Å². The van der Waals surface area contributed by atoms with Gasteiger partial charge in [0.2, 0.25) is 0 Å². The molecule has 0 aliphatic heterocycles. The Labute approximate surface area is 133 Å². The quantitative estimate of drug-likeness (QED) is 0.593. The highest BCUT2D eigenvalue weighted by atomic mass is 79.9. The van der Waals surface area contributed by atoms with Gasteiger partial charge in [-0.2, -0.15) is 0 Å². The van der Waals surface area contributed by atoms with Crippen molar-refractivity contribution in [3.8, 4) is 5.75 Å². The summed E-state index contributed by atoms with van der Waals surface area (Å²) in [6, 6.07) is 10.5. The predicted octanol–water partition coefficient (Wildman–Crippen LogP) is 5.67. The molecule has 0 bridgehead atoms. The second-order valence-corrected chi connectivity index (χ2v) is 5.91. The van der Waals surface area contributed by atoms with E-state index in [1.54, 1.807) is 12.1 Å². The minimum Gasteiger partial charge on any atom is -0.488 e. The topological polar surface area (TPSA) is 9.23 Å². The Morgan fingerprint density at radius 3 is 2.32 bits per heavy atom. The summed E-state index contributed by atoms with van der Waals surface area (Å²) in [6.45, 7) is 0.373. The second-order valence-electron chi connectivity index (χ2n) is 3.94. The molecule has 0 aliphatic rings. The highest BCUT2D eigenvalue weighted by Gasteiger charge is 2.05. The summed E-state index contributed by atoms with van der Waals surface area (Å²) in [5.41, 5.74) is 1.91. The zero-order valence-electron chi connectivity index (χ0n) is 9.80. The van der Waals surface area contributed by atoms with Crippen LogP contribution >= 0.6 is 43.5 Å². The van der Waals surface area contributed by atoms with E-state index in [0.29, 0.717) is 17.0 Å². The first-order valence-corrected chi connectivity index (χ1v) is 7.63. The van der Waals surface area contributed by atoms with Crippen LogP contribution in [0.25, 0.3) is 0 Å². The lowest BCUT2D eigenvalue weighted by atomic mass is 10.2. The molecule has 1 nitrogen and oxygen atoms in total. The van der Waals surface area contributed by atoms with Gasteiger partial charge >= 0.3 is 0 Å². The molecule has 100 valence electrons. The molecule has 0 aromatic heterocycles.